The second kappa shape index (κ2) is 4.67. The monoisotopic (exact) mass is 240 g/mol. The van der Waals surface area contributed by atoms with Crippen LogP contribution in [0.3, 0.4) is 0 Å². The molecule has 0 aliphatic carbocycles. The molecule has 2 rings (SSSR count). The average molecular weight is 240 g/mol. The lowest BCUT2D eigenvalue weighted by Gasteiger charge is -2.24. The first-order chi connectivity index (χ1) is 8.09. The van der Waals surface area contributed by atoms with Crippen molar-refractivity contribution in [3.05, 3.63) is 33.6 Å². The molecule has 2 N–H and O–H groups in total. The van der Waals surface area contributed by atoms with Gasteiger partial charge in [0, 0.05) is 11.6 Å². The summed E-state index contributed by atoms with van der Waals surface area (Å²) < 4.78 is 13.3. The van der Waals surface area contributed by atoms with E-state index in [2.05, 4.69) is 5.32 Å². The molecule has 0 bridgehead atoms. The van der Waals surface area contributed by atoms with Crippen LogP contribution >= 0.6 is 0 Å². The highest BCUT2D eigenvalue weighted by Crippen LogP contribution is 2.37. The van der Waals surface area contributed by atoms with E-state index in [1.165, 1.54) is 0 Å². The van der Waals surface area contributed by atoms with Gasteiger partial charge in [-0.2, -0.15) is 0 Å². The molecule has 1 atom stereocenters. The Bertz CT molecular complexity index is 445. The third-order valence-corrected chi connectivity index (χ3v) is 2.97. The molecule has 1 aromatic rings. The molecule has 6 heteroatoms. The third-order valence-electron chi connectivity index (χ3n) is 2.97. The summed E-state index contributed by atoms with van der Waals surface area (Å²) in [7, 11) is 0. The van der Waals surface area contributed by atoms with Crippen molar-refractivity contribution >= 4 is 5.69 Å². The first-order valence-electron chi connectivity index (χ1n) is 5.50. The first-order valence-corrected chi connectivity index (χ1v) is 5.50. The number of nitrogens with one attached hydrogen (secondary N) is 1. The molecule has 17 heavy (non-hydrogen) atoms. The highest BCUT2D eigenvalue weighted by Gasteiger charge is 2.25. The molecule has 0 radical (unpaired) electrons. The molecular formula is C11H13FN2O3. The van der Waals surface area contributed by atoms with Gasteiger partial charge in [-0.3, -0.25) is 10.1 Å². The standard InChI is InChI=1S/C11H13FN2O3/c12-7-5-8(9-3-1-2-4-13-9)11(15)10(6-7)14(16)17/h5-6,9,13,15H,1-4H2/t9-/m0/s1. The number of rotatable bonds is 2. The Hall–Kier alpha value is -1.69. The summed E-state index contributed by atoms with van der Waals surface area (Å²) >= 11 is 0. The fraction of sp³-hybridized carbons (Fsp3) is 0.455. The predicted molar refractivity (Wildman–Crippen MR) is 59.3 cm³/mol. The molecule has 1 fully saturated rings. The Balaban J connectivity index is 2.41. The van der Waals surface area contributed by atoms with E-state index in [-0.39, 0.29) is 11.6 Å². The number of phenolic OH excluding ortho intramolecular Hbond substituents is 1. The number of hydrogen-bond acceptors (Lipinski definition) is 4. The number of phenols is 1. The van der Waals surface area contributed by atoms with Crippen molar-refractivity contribution in [2.45, 2.75) is 25.3 Å². The number of nitrogens with zero attached hydrogens (tertiary/aromatic N) is 1. The molecule has 92 valence electrons. The van der Waals surface area contributed by atoms with Gasteiger partial charge < -0.3 is 10.4 Å². The molecule has 0 aromatic heterocycles. The number of hydrogen-bond donors (Lipinski definition) is 2. The Labute approximate surface area is 97.4 Å². The first kappa shape index (κ1) is 11.8. The maximum Gasteiger partial charge on any atom is 0.313 e. The zero-order valence-corrected chi connectivity index (χ0v) is 9.15. The van der Waals surface area contributed by atoms with Gasteiger partial charge in [0.05, 0.1) is 11.0 Å². The molecule has 1 aliphatic rings. The lowest BCUT2D eigenvalue weighted by atomic mass is 9.96. The Kier molecular flexibility index (Phi) is 3.23. The van der Waals surface area contributed by atoms with Crippen molar-refractivity contribution in [1.82, 2.24) is 5.32 Å². The van der Waals surface area contributed by atoms with Gasteiger partial charge in [-0.1, -0.05) is 6.42 Å². The zero-order valence-electron chi connectivity index (χ0n) is 9.15. The smallest absolute Gasteiger partial charge is 0.313 e. The summed E-state index contributed by atoms with van der Waals surface area (Å²) in [6, 6.07) is 1.69. The highest BCUT2D eigenvalue weighted by atomic mass is 19.1. The molecular weight excluding hydrogens is 227 g/mol. The minimum atomic E-state index is -0.773. The summed E-state index contributed by atoms with van der Waals surface area (Å²) in [5.41, 5.74) is -0.302. The van der Waals surface area contributed by atoms with Crippen LogP contribution in [0.25, 0.3) is 0 Å². The molecule has 1 aromatic carbocycles. The summed E-state index contributed by atoms with van der Waals surface area (Å²) in [5.74, 6) is -1.13. The molecule has 0 saturated carbocycles. The Morgan fingerprint density at radius 2 is 2.24 bits per heavy atom. The fourth-order valence-corrected chi connectivity index (χ4v) is 2.13. The van der Waals surface area contributed by atoms with E-state index >= 15 is 0 Å². The van der Waals surface area contributed by atoms with Crippen molar-refractivity contribution in [2.24, 2.45) is 0 Å². The van der Waals surface area contributed by atoms with E-state index in [1.807, 2.05) is 0 Å². The molecule has 0 unspecified atom stereocenters. The molecule has 0 spiro atoms. The van der Waals surface area contributed by atoms with E-state index < -0.39 is 22.2 Å². The Morgan fingerprint density at radius 1 is 1.47 bits per heavy atom. The maximum absolute atomic E-state index is 13.3. The van der Waals surface area contributed by atoms with Crippen LogP contribution in [0.4, 0.5) is 10.1 Å². The fourth-order valence-electron chi connectivity index (χ4n) is 2.13. The van der Waals surface area contributed by atoms with Crippen molar-refractivity contribution in [1.29, 1.82) is 0 Å². The highest BCUT2D eigenvalue weighted by molar-refractivity contribution is 5.52. The van der Waals surface area contributed by atoms with Gasteiger partial charge in [0.2, 0.25) is 0 Å². The van der Waals surface area contributed by atoms with Crippen LogP contribution in [0.15, 0.2) is 12.1 Å². The number of nitro benzene ring substituents is 1. The normalized spacial score (nSPS) is 20.2. The van der Waals surface area contributed by atoms with Crippen LogP contribution < -0.4 is 5.32 Å². The number of halogens is 1. The lowest BCUT2D eigenvalue weighted by Crippen LogP contribution is -2.27. The summed E-state index contributed by atoms with van der Waals surface area (Å²) in [6.07, 6.45) is 2.73. The van der Waals surface area contributed by atoms with Gasteiger partial charge in [-0.05, 0) is 25.5 Å². The Morgan fingerprint density at radius 3 is 2.82 bits per heavy atom. The molecule has 1 saturated heterocycles. The second-order valence-corrected chi connectivity index (χ2v) is 4.12. The van der Waals surface area contributed by atoms with Crippen molar-refractivity contribution in [3.8, 4) is 5.75 Å². The van der Waals surface area contributed by atoms with Gasteiger partial charge in [-0.25, -0.2) is 4.39 Å². The summed E-state index contributed by atoms with van der Waals surface area (Å²) in [4.78, 5) is 9.89. The zero-order chi connectivity index (χ0) is 12.4. The van der Waals surface area contributed by atoms with Crippen molar-refractivity contribution < 1.29 is 14.4 Å². The van der Waals surface area contributed by atoms with Gasteiger partial charge in [-0.15, -0.1) is 0 Å². The van der Waals surface area contributed by atoms with Crippen molar-refractivity contribution in [2.75, 3.05) is 6.54 Å². The minimum absolute atomic E-state index is 0.210. The van der Waals surface area contributed by atoms with Crippen LogP contribution in [0.5, 0.6) is 5.75 Å². The topological polar surface area (TPSA) is 75.4 Å². The largest absolute Gasteiger partial charge is 0.502 e. The number of benzene rings is 1. The number of piperidine rings is 1. The SMILES string of the molecule is O=[N+]([O-])c1cc(F)cc([C@@H]2CCCCN2)c1O. The average Bonchev–Trinajstić information content (AvgIpc) is 2.32. The summed E-state index contributed by atoms with van der Waals surface area (Å²) in [5, 5.41) is 23.6. The van der Waals surface area contributed by atoms with E-state index in [0.29, 0.717) is 0 Å². The van der Waals surface area contributed by atoms with E-state index in [4.69, 9.17) is 0 Å². The van der Waals surface area contributed by atoms with Crippen molar-refractivity contribution in [3.63, 3.8) is 0 Å². The number of nitro groups is 1. The maximum atomic E-state index is 13.3. The van der Waals surface area contributed by atoms with Crippen LogP contribution in [-0.4, -0.2) is 16.6 Å². The third kappa shape index (κ3) is 2.36. The predicted octanol–water partition coefficient (Wildman–Crippen LogP) is 2.25. The van der Waals surface area contributed by atoms with E-state index in [0.717, 1.165) is 37.9 Å². The van der Waals surface area contributed by atoms with Crippen LogP contribution in [-0.2, 0) is 0 Å². The molecule has 1 aliphatic heterocycles. The second-order valence-electron chi connectivity index (χ2n) is 4.12. The molecule has 1 heterocycles. The van der Waals surface area contributed by atoms with E-state index in [9.17, 15) is 19.6 Å². The van der Waals surface area contributed by atoms with Gasteiger partial charge >= 0.3 is 5.69 Å². The minimum Gasteiger partial charge on any atom is -0.502 e. The van der Waals surface area contributed by atoms with Gasteiger partial charge in [0.15, 0.2) is 5.75 Å². The lowest BCUT2D eigenvalue weighted by molar-refractivity contribution is -0.386. The molecule has 0 amide bonds. The quantitative estimate of drug-likeness (QED) is 0.614. The van der Waals surface area contributed by atoms with E-state index in [1.54, 1.807) is 0 Å². The van der Waals surface area contributed by atoms with Gasteiger partial charge in [0.25, 0.3) is 0 Å². The van der Waals surface area contributed by atoms with Crippen LogP contribution in [0, 0.1) is 15.9 Å². The summed E-state index contributed by atoms with van der Waals surface area (Å²) in [6.45, 7) is 0.772. The van der Waals surface area contributed by atoms with Crippen LogP contribution in [0.2, 0.25) is 0 Å². The number of aromatic hydroxyl groups is 1. The molecule has 5 nitrogen and oxygen atoms in total. The van der Waals surface area contributed by atoms with Gasteiger partial charge in [0.1, 0.15) is 5.82 Å². The van der Waals surface area contributed by atoms with Crippen LogP contribution in [0.1, 0.15) is 30.9 Å².